The molecule has 0 saturated heterocycles. The fourth-order valence-electron chi connectivity index (χ4n) is 2.70. The van der Waals surface area contributed by atoms with Gasteiger partial charge in [0.2, 0.25) is 10.0 Å². The van der Waals surface area contributed by atoms with Crippen LogP contribution in [-0.2, 0) is 19.6 Å². The van der Waals surface area contributed by atoms with Gasteiger partial charge in [0.25, 0.3) is 5.91 Å². The smallest absolute Gasteiger partial charge is 0.342 e. The number of hydrogen-bond donors (Lipinski definition) is 2. The maximum atomic E-state index is 12.3. The summed E-state index contributed by atoms with van der Waals surface area (Å²) < 4.78 is 33.0. The number of methoxy groups -OCH3 is 1. The van der Waals surface area contributed by atoms with E-state index in [9.17, 15) is 18.0 Å². The van der Waals surface area contributed by atoms with Gasteiger partial charge in [0.1, 0.15) is 11.3 Å². The Morgan fingerprint density at radius 3 is 2.41 bits per heavy atom. The molecular formula is C20H18N2O6S. The fourth-order valence-corrected chi connectivity index (χ4v) is 3.24. The van der Waals surface area contributed by atoms with Crippen molar-refractivity contribution in [1.82, 2.24) is 0 Å². The van der Waals surface area contributed by atoms with E-state index in [1.807, 2.05) is 30.3 Å². The number of esters is 1. The lowest BCUT2D eigenvalue weighted by atomic mass is 10.1. The Labute approximate surface area is 167 Å². The average Bonchev–Trinajstić information content (AvgIpc) is 2.70. The van der Waals surface area contributed by atoms with Gasteiger partial charge in [-0.3, -0.25) is 4.79 Å². The third-order valence-corrected chi connectivity index (χ3v) is 5.00. The molecule has 9 heteroatoms. The Hall–Kier alpha value is -3.43. The standard InChI is InChI=1S/C20H18N2O6S/c1-27-18-9-8-16(29(21,25)26)11-17(18)20(24)28-12-19(23)22-15-7-6-13-4-2-3-5-14(13)10-15/h2-11H,12H2,1H3,(H,22,23)(H2,21,25,26). The Morgan fingerprint density at radius 1 is 1.00 bits per heavy atom. The van der Waals surface area contributed by atoms with Gasteiger partial charge in [-0.05, 0) is 41.1 Å². The molecule has 0 bridgehead atoms. The van der Waals surface area contributed by atoms with Crippen molar-refractivity contribution in [2.45, 2.75) is 4.90 Å². The normalized spacial score (nSPS) is 11.1. The minimum absolute atomic E-state index is 0.0948. The van der Waals surface area contributed by atoms with Gasteiger partial charge in [-0.25, -0.2) is 18.4 Å². The molecule has 0 heterocycles. The molecule has 0 spiro atoms. The lowest BCUT2D eigenvalue weighted by Crippen LogP contribution is -2.21. The number of anilines is 1. The van der Waals surface area contributed by atoms with Crippen molar-refractivity contribution in [1.29, 1.82) is 0 Å². The molecule has 3 aromatic rings. The third-order valence-electron chi connectivity index (χ3n) is 4.09. The first-order chi connectivity index (χ1) is 13.8. The van der Waals surface area contributed by atoms with Crippen LogP contribution in [0.5, 0.6) is 5.75 Å². The van der Waals surface area contributed by atoms with Crippen molar-refractivity contribution in [2.24, 2.45) is 5.14 Å². The lowest BCUT2D eigenvalue weighted by Gasteiger charge is -2.11. The van der Waals surface area contributed by atoms with Gasteiger partial charge >= 0.3 is 5.97 Å². The molecule has 3 rings (SSSR count). The number of rotatable bonds is 6. The molecule has 0 aliphatic rings. The van der Waals surface area contributed by atoms with Crippen LogP contribution < -0.4 is 15.2 Å². The Kier molecular flexibility index (Phi) is 5.81. The summed E-state index contributed by atoms with van der Waals surface area (Å²) in [5.74, 6) is -1.37. The van der Waals surface area contributed by atoms with E-state index in [1.54, 1.807) is 12.1 Å². The second-order valence-electron chi connectivity index (χ2n) is 6.09. The van der Waals surface area contributed by atoms with E-state index in [-0.39, 0.29) is 16.2 Å². The van der Waals surface area contributed by atoms with Crippen LogP contribution in [0.4, 0.5) is 5.69 Å². The summed E-state index contributed by atoms with van der Waals surface area (Å²) >= 11 is 0. The maximum absolute atomic E-state index is 12.3. The van der Waals surface area contributed by atoms with Crippen LogP contribution in [0.2, 0.25) is 0 Å². The minimum atomic E-state index is -4.02. The summed E-state index contributed by atoms with van der Waals surface area (Å²) in [6.45, 7) is -0.561. The van der Waals surface area contributed by atoms with Crippen molar-refractivity contribution in [3.63, 3.8) is 0 Å². The Bertz CT molecular complexity index is 1190. The van der Waals surface area contributed by atoms with E-state index in [0.29, 0.717) is 5.69 Å². The quantitative estimate of drug-likeness (QED) is 0.596. The summed E-state index contributed by atoms with van der Waals surface area (Å²) in [6, 6.07) is 16.6. The van der Waals surface area contributed by atoms with Gasteiger partial charge in [-0.1, -0.05) is 30.3 Å². The van der Waals surface area contributed by atoms with Gasteiger partial charge in [-0.15, -0.1) is 0 Å². The van der Waals surface area contributed by atoms with E-state index in [1.165, 1.54) is 19.2 Å². The van der Waals surface area contributed by atoms with E-state index < -0.39 is 28.5 Å². The number of ether oxygens (including phenoxy) is 2. The van der Waals surface area contributed by atoms with Crippen molar-refractivity contribution in [3.05, 3.63) is 66.2 Å². The predicted octanol–water partition coefficient (Wildman–Crippen LogP) is 2.29. The zero-order valence-corrected chi connectivity index (χ0v) is 16.2. The maximum Gasteiger partial charge on any atom is 0.342 e. The van der Waals surface area contributed by atoms with E-state index >= 15 is 0 Å². The largest absolute Gasteiger partial charge is 0.496 e. The van der Waals surface area contributed by atoms with Crippen LogP contribution in [0.3, 0.4) is 0 Å². The number of nitrogens with two attached hydrogens (primary N) is 1. The molecule has 0 fully saturated rings. The van der Waals surface area contributed by atoms with Gasteiger partial charge < -0.3 is 14.8 Å². The Morgan fingerprint density at radius 2 is 1.72 bits per heavy atom. The van der Waals surface area contributed by atoms with Crippen LogP contribution in [0.25, 0.3) is 10.8 Å². The molecular weight excluding hydrogens is 396 g/mol. The van der Waals surface area contributed by atoms with Crippen molar-refractivity contribution in [2.75, 3.05) is 19.0 Å². The number of carbonyl (C=O) groups is 2. The van der Waals surface area contributed by atoms with Gasteiger partial charge in [-0.2, -0.15) is 0 Å². The summed E-state index contributed by atoms with van der Waals surface area (Å²) in [5, 5.41) is 9.70. The number of hydrogen-bond acceptors (Lipinski definition) is 6. The molecule has 1 amide bonds. The summed E-state index contributed by atoms with van der Waals surface area (Å²) in [5.41, 5.74) is 0.399. The van der Waals surface area contributed by atoms with E-state index in [0.717, 1.165) is 16.8 Å². The molecule has 8 nitrogen and oxygen atoms in total. The van der Waals surface area contributed by atoms with E-state index in [4.69, 9.17) is 14.6 Å². The molecule has 3 N–H and O–H groups in total. The average molecular weight is 414 g/mol. The van der Waals surface area contributed by atoms with Gasteiger partial charge in [0, 0.05) is 5.69 Å². The number of fused-ring (bicyclic) bond motifs is 1. The highest BCUT2D eigenvalue weighted by Crippen LogP contribution is 2.23. The van der Waals surface area contributed by atoms with Crippen molar-refractivity contribution < 1.29 is 27.5 Å². The number of carbonyl (C=O) groups excluding carboxylic acids is 2. The number of nitrogens with one attached hydrogen (secondary N) is 1. The zero-order valence-electron chi connectivity index (χ0n) is 15.4. The number of benzene rings is 3. The first-order valence-electron chi connectivity index (χ1n) is 8.44. The summed E-state index contributed by atoms with van der Waals surface area (Å²) in [7, 11) is -2.70. The number of primary sulfonamides is 1. The molecule has 0 atom stereocenters. The van der Waals surface area contributed by atoms with Gasteiger partial charge in [0.05, 0.1) is 12.0 Å². The van der Waals surface area contributed by atoms with Crippen molar-refractivity contribution >= 4 is 38.4 Å². The zero-order chi connectivity index (χ0) is 21.0. The number of amides is 1. The minimum Gasteiger partial charge on any atom is -0.496 e. The monoisotopic (exact) mass is 414 g/mol. The van der Waals surface area contributed by atoms with Crippen LogP contribution in [0.1, 0.15) is 10.4 Å². The molecule has 0 aliphatic heterocycles. The van der Waals surface area contributed by atoms with Crippen LogP contribution in [-0.4, -0.2) is 34.0 Å². The van der Waals surface area contributed by atoms with Crippen molar-refractivity contribution in [3.8, 4) is 5.75 Å². The molecule has 29 heavy (non-hydrogen) atoms. The predicted molar refractivity (Wildman–Crippen MR) is 107 cm³/mol. The lowest BCUT2D eigenvalue weighted by molar-refractivity contribution is -0.119. The highest BCUT2D eigenvalue weighted by Gasteiger charge is 2.19. The van der Waals surface area contributed by atoms with Crippen LogP contribution >= 0.6 is 0 Å². The van der Waals surface area contributed by atoms with Crippen LogP contribution in [0.15, 0.2) is 65.6 Å². The van der Waals surface area contributed by atoms with Crippen LogP contribution in [0, 0.1) is 0 Å². The SMILES string of the molecule is COc1ccc(S(N)(=O)=O)cc1C(=O)OCC(=O)Nc1ccc2ccccc2c1. The second kappa shape index (κ2) is 8.29. The summed E-state index contributed by atoms with van der Waals surface area (Å²) in [4.78, 5) is 24.2. The first-order valence-corrected chi connectivity index (χ1v) is 9.99. The molecule has 0 unspecified atom stereocenters. The molecule has 3 aromatic carbocycles. The van der Waals surface area contributed by atoms with E-state index in [2.05, 4.69) is 5.32 Å². The fraction of sp³-hybridized carbons (Fsp3) is 0.100. The molecule has 0 saturated carbocycles. The molecule has 0 aliphatic carbocycles. The molecule has 150 valence electrons. The third kappa shape index (κ3) is 4.89. The van der Waals surface area contributed by atoms with Gasteiger partial charge in [0.15, 0.2) is 6.61 Å². The highest BCUT2D eigenvalue weighted by atomic mass is 32.2. The Balaban J connectivity index is 1.68. The number of sulfonamides is 1. The highest BCUT2D eigenvalue weighted by molar-refractivity contribution is 7.89. The molecule has 0 aromatic heterocycles. The first kappa shape index (κ1) is 20.3. The molecule has 0 radical (unpaired) electrons. The topological polar surface area (TPSA) is 125 Å². The second-order valence-corrected chi connectivity index (χ2v) is 7.65. The summed E-state index contributed by atoms with van der Waals surface area (Å²) in [6.07, 6.45) is 0.